The van der Waals surface area contributed by atoms with Gasteiger partial charge in [-0.3, -0.25) is 9.29 Å². The number of pyridine rings is 1. The van der Waals surface area contributed by atoms with Gasteiger partial charge in [0, 0.05) is 6.07 Å². The van der Waals surface area contributed by atoms with E-state index < -0.39 is 15.3 Å². The minimum absolute atomic E-state index is 0.101. The van der Waals surface area contributed by atoms with Crippen molar-refractivity contribution in [3.8, 4) is 34.6 Å². The second kappa shape index (κ2) is 9.02. The molecule has 1 N–H and O–H groups in total. The van der Waals surface area contributed by atoms with Crippen LogP contribution in [-0.4, -0.2) is 59.0 Å². The minimum atomic E-state index is -3.51. The standard InChI is InChI=1S/C23H24N6O5S/c1-4-34-19-10-5-7-15(25-19)22-27-21-23(24-13-18(26-21)28-35(30,31)14-11-12-14)29(22)20-16(32-2)8-6-9-17(20)33-3/h5-10,13-14H,4,11-12H2,1-3H3,(H,26,28). The van der Waals surface area contributed by atoms with Crippen molar-refractivity contribution in [2.24, 2.45) is 0 Å². The summed E-state index contributed by atoms with van der Waals surface area (Å²) in [5.74, 6) is 1.99. The molecule has 1 aromatic carbocycles. The Hall–Kier alpha value is -3.93. The number of aromatic nitrogens is 5. The summed E-state index contributed by atoms with van der Waals surface area (Å²) < 4.78 is 45.9. The second-order valence-electron chi connectivity index (χ2n) is 7.82. The molecule has 11 nitrogen and oxygen atoms in total. The van der Waals surface area contributed by atoms with E-state index in [9.17, 15) is 8.42 Å². The Morgan fingerprint density at radius 1 is 1.03 bits per heavy atom. The predicted octanol–water partition coefficient (Wildman–Crippen LogP) is 3.20. The van der Waals surface area contributed by atoms with E-state index in [1.54, 1.807) is 43.1 Å². The van der Waals surface area contributed by atoms with Crippen LogP contribution >= 0.6 is 0 Å². The Morgan fingerprint density at radius 2 is 1.74 bits per heavy atom. The number of sulfonamides is 1. The number of rotatable bonds is 9. The van der Waals surface area contributed by atoms with Gasteiger partial charge in [0.05, 0.1) is 32.3 Å². The number of hydrogen-bond acceptors (Lipinski definition) is 9. The molecule has 12 heteroatoms. The van der Waals surface area contributed by atoms with Crippen LogP contribution in [0.4, 0.5) is 5.82 Å². The Bertz CT molecular complexity index is 1480. The summed E-state index contributed by atoms with van der Waals surface area (Å²) in [5, 5.41) is -0.392. The maximum atomic E-state index is 12.4. The van der Waals surface area contributed by atoms with Crippen LogP contribution in [-0.2, 0) is 10.0 Å². The molecule has 0 radical (unpaired) electrons. The number of nitrogens with one attached hydrogen (secondary N) is 1. The number of nitrogens with zero attached hydrogens (tertiary/aromatic N) is 5. The van der Waals surface area contributed by atoms with Gasteiger partial charge in [0.15, 0.2) is 22.9 Å². The van der Waals surface area contributed by atoms with E-state index >= 15 is 0 Å². The SMILES string of the molecule is CCOc1cccc(-c2nc3nc(NS(=O)(=O)C4CC4)cnc3n2-c2c(OC)cccc2OC)n1. The van der Waals surface area contributed by atoms with Crippen molar-refractivity contribution in [3.05, 3.63) is 42.6 Å². The largest absolute Gasteiger partial charge is 0.494 e. The lowest BCUT2D eigenvalue weighted by Crippen LogP contribution is -2.18. The highest BCUT2D eigenvalue weighted by Crippen LogP contribution is 2.38. The van der Waals surface area contributed by atoms with Gasteiger partial charge in [-0.05, 0) is 38.0 Å². The first kappa shape index (κ1) is 22.8. The molecule has 0 atom stereocenters. The molecule has 35 heavy (non-hydrogen) atoms. The maximum Gasteiger partial charge on any atom is 0.236 e. The average Bonchev–Trinajstić information content (AvgIpc) is 3.66. The van der Waals surface area contributed by atoms with Crippen molar-refractivity contribution < 1.29 is 22.6 Å². The molecule has 4 aromatic rings. The Balaban J connectivity index is 1.74. The van der Waals surface area contributed by atoms with Gasteiger partial charge in [-0.15, -0.1) is 0 Å². The van der Waals surface area contributed by atoms with E-state index in [2.05, 4.69) is 24.7 Å². The van der Waals surface area contributed by atoms with Crippen LogP contribution in [0.2, 0.25) is 0 Å². The van der Waals surface area contributed by atoms with Gasteiger partial charge >= 0.3 is 0 Å². The smallest absolute Gasteiger partial charge is 0.236 e. The molecule has 182 valence electrons. The third-order valence-corrected chi connectivity index (χ3v) is 7.29. The number of fused-ring (bicyclic) bond motifs is 1. The van der Waals surface area contributed by atoms with Gasteiger partial charge in [0.1, 0.15) is 22.9 Å². The molecular weight excluding hydrogens is 472 g/mol. The zero-order valence-electron chi connectivity index (χ0n) is 19.4. The number of methoxy groups -OCH3 is 2. The maximum absolute atomic E-state index is 12.4. The number of para-hydroxylation sites is 1. The summed E-state index contributed by atoms with van der Waals surface area (Å²) in [7, 11) is -0.392. The Labute approximate surface area is 202 Å². The monoisotopic (exact) mass is 496 g/mol. The number of ether oxygens (including phenoxy) is 3. The third kappa shape index (κ3) is 4.32. The first-order valence-corrected chi connectivity index (χ1v) is 12.6. The number of imidazole rings is 1. The summed E-state index contributed by atoms with van der Waals surface area (Å²) in [6.45, 7) is 2.34. The first-order valence-electron chi connectivity index (χ1n) is 11.0. The normalized spacial score (nSPS) is 13.6. The summed E-state index contributed by atoms with van der Waals surface area (Å²) >= 11 is 0. The van der Waals surface area contributed by atoms with Crippen LogP contribution in [0.25, 0.3) is 28.5 Å². The van der Waals surface area contributed by atoms with Gasteiger partial charge in [0.2, 0.25) is 15.9 Å². The lowest BCUT2D eigenvalue weighted by Gasteiger charge is -2.16. The van der Waals surface area contributed by atoms with Crippen LogP contribution in [0.1, 0.15) is 19.8 Å². The van der Waals surface area contributed by atoms with E-state index in [1.807, 2.05) is 19.1 Å². The van der Waals surface area contributed by atoms with Gasteiger partial charge in [-0.1, -0.05) is 12.1 Å². The predicted molar refractivity (Wildman–Crippen MR) is 130 cm³/mol. The highest BCUT2D eigenvalue weighted by molar-refractivity contribution is 7.93. The number of benzene rings is 1. The van der Waals surface area contributed by atoms with Crippen molar-refractivity contribution in [2.75, 3.05) is 25.5 Å². The molecule has 3 aromatic heterocycles. The van der Waals surface area contributed by atoms with Crippen LogP contribution in [0.5, 0.6) is 17.4 Å². The quantitative estimate of drug-likeness (QED) is 0.371. The molecule has 5 rings (SSSR count). The summed E-state index contributed by atoms with van der Waals surface area (Å²) in [4.78, 5) is 18.2. The van der Waals surface area contributed by atoms with Crippen molar-refractivity contribution in [3.63, 3.8) is 0 Å². The lowest BCUT2D eigenvalue weighted by molar-refractivity contribution is 0.327. The Kier molecular flexibility index (Phi) is 5.89. The fourth-order valence-corrected chi connectivity index (χ4v) is 5.03. The van der Waals surface area contributed by atoms with Gasteiger partial charge in [-0.2, -0.15) is 0 Å². The van der Waals surface area contributed by atoms with E-state index in [1.165, 1.54) is 6.20 Å². The second-order valence-corrected chi connectivity index (χ2v) is 9.79. The molecule has 1 saturated carbocycles. The molecule has 0 aliphatic heterocycles. The van der Waals surface area contributed by atoms with Crippen molar-refractivity contribution in [2.45, 2.75) is 25.0 Å². The zero-order chi connectivity index (χ0) is 24.6. The summed E-state index contributed by atoms with van der Waals surface area (Å²) in [5.41, 5.74) is 1.66. The molecule has 0 unspecified atom stereocenters. The van der Waals surface area contributed by atoms with E-state index in [4.69, 9.17) is 14.2 Å². The number of anilines is 1. The van der Waals surface area contributed by atoms with E-state index in [0.717, 1.165) is 0 Å². The average molecular weight is 497 g/mol. The van der Waals surface area contributed by atoms with Crippen molar-refractivity contribution >= 4 is 27.1 Å². The molecule has 1 aliphatic rings. The summed E-state index contributed by atoms with van der Waals surface area (Å²) in [6, 6.07) is 10.8. The Morgan fingerprint density at radius 3 is 2.40 bits per heavy atom. The first-order chi connectivity index (χ1) is 16.9. The van der Waals surface area contributed by atoms with E-state index in [-0.39, 0.29) is 11.5 Å². The van der Waals surface area contributed by atoms with Gasteiger partial charge < -0.3 is 14.2 Å². The highest BCUT2D eigenvalue weighted by atomic mass is 32.2. The summed E-state index contributed by atoms with van der Waals surface area (Å²) in [6.07, 6.45) is 2.65. The number of hydrogen-bond donors (Lipinski definition) is 1. The molecule has 0 amide bonds. The third-order valence-electron chi connectivity index (χ3n) is 5.45. The molecule has 0 bridgehead atoms. The molecule has 3 heterocycles. The molecule has 1 fully saturated rings. The molecular formula is C23H24N6O5S. The topological polar surface area (TPSA) is 130 Å². The van der Waals surface area contributed by atoms with Gasteiger partial charge in [0.25, 0.3) is 0 Å². The van der Waals surface area contributed by atoms with Crippen molar-refractivity contribution in [1.82, 2.24) is 24.5 Å². The minimum Gasteiger partial charge on any atom is -0.494 e. The van der Waals surface area contributed by atoms with Crippen molar-refractivity contribution in [1.29, 1.82) is 0 Å². The zero-order valence-corrected chi connectivity index (χ0v) is 20.2. The lowest BCUT2D eigenvalue weighted by atomic mass is 10.2. The van der Waals surface area contributed by atoms with Crippen LogP contribution in [0.3, 0.4) is 0 Å². The fraction of sp³-hybridized carbons (Fsp3) is 0.304. The molecule has 0 saturated heterocycles. The van der Waals surface area contributed by atoms with E-state index in [0.29, 0.717) is 59.7 Å². The molecule has 0 spiro atoms. The van der Waals surface area contributed by atoms with Gasteiger partial charge in [-0.25, -0.2) is 28.4 Å². The van der Waals surface area contributed by atoms with Crippen LogP contribution in [0.15, 0.2) is 42.6 Å². The highest BCUT2D eigenvalue weighted by Gasteiger charge is 2.36. The van der Waals surface area contributed by atoms with Crippen LogP contribution < -0.4 is 18.9 Å². The fourth-order valence-electron chi connectivity index (χ4n) is 3.72. The van der Waals surface area contributed by atoms with Crippen LogP contribution in [0, 0.1) is 0 Å². The molecule has 1 aliphatic carbocycles.